The van der Waals surface area contributed by atoms with Gasteiger partial charge in [0, 0.05) is 17.0 Å². The van der Waals surface area contributed by atoms with Gasteiger partial charge in [-0.1, -0.05) is 25.6 Å². The maximum Gasteiger partial charge on any atom is 0.254 e. The second-order valence-electron chi connectivity index (χ2n) is 4.44. The fourth-order valence-electron chi connectivity index (χ4n) is 1.52. The van der Waals surface area contributed by atoms with Crippen LogP contribution in [0.2, 0.25) is 0 Å². The Morgan fingerprint density at radius 1 is 1.47 bits per heavy atom. The molecule has 0 amide bonds. The average Bonchev–Trinajstić information content (AvgIpc) is 2.24. The fraction of sp³-hybridized carbons (Fsp3) is 0.667. The standard InChI is InChI=1S/C12H20N2O2S/c1-8(2)4-5-10-9(3)13-12(14-11(10)16)17-7-6-15/h8,15H,4-7H2,1-3H3,(H,13,14,16). The van der Waals surface area contributed by atoms with Crippen molar-refractivity contribution in [2.45, 2.75) is 38.8 Å². The van der Waals surface area contributed by atoms with Crippen LogP contribution in [0.1, 0.15) is 31.5 Å². The summed E-state index contributed by atoms with van der Waals surface area (Å²) in [4.78, 5) is 19.0. The number of H-pyrrole nitrogens is 1. The summed E-state index contributed by atoms with van der Waals surface area (Å²) in [5.41, 5.74) is 1.54. The highest BCUT2D eigenvalue weighted by Gasteiger charge is 2.09. The predicted octanol–water partition coefficient (Wildman–Crippen LogP) is 1.75. The normalized spacial score (nSPS) is 11.1. The number of hydrogen-bond acceptors (Lipinski definition) is 4. The highest BCUT2D eigenvalue weighted by molar-refractivity contribution is 7.99. The molecular formula is C12H20N2O2S. The summed E-state index contributed by atoms with van der Waals surface area (Å²) < 4.78 is 0. The average molecular weight is 256 g/mol. The van der Waals surface area contributed by atoms with E-state index in [0.29, 0.717) is 16.8 Å². The minimum absolute atomic E-state index is 0.0430. The summed E-state index contributed by atoms with van der Waals surface area (Å²) in [7, 11) is 0. The summed E-state index contributed by atoms with van der Waals surface area (Å²) in [6.07, 6.45) is 1.77. The van der Waals surface area contributed by atoms with Gasteiger partial charge in [-0.05, 0) is 25.7 Å². The number of nitrogens with one attached hydrogen (secondary N) is 1. The van der Waals surface area contributed by atoms with Crippen LogP contribution in [0.4, 0.5) is 0 Å². The third kappa shape index (κ3) is 4.52. The van der Waals surface area contributed by atoms with Gasteiger partial charge >= 0.3 is 0 Å². The zero-order valence-corrected chi connectivity index (χ0v) is 11.4. The fourth-order valence-corrected chi connectivity index (χ4v) is 2.17. The van der Waals surface area contributed by atoms with Crippen LogP contribution in [0.3, 0.4) is 0 Å². The number of nitrogens with zero attached hydrogens (tertiary/aromatic N) is 1. The van der Waals surface area contributed by atoms with Crippen molar-refractivity contribution in [3.63, 3.8) is 0 Å². The first-order valence-corrected chi connectivity index (χ1v) is 6.86. The summed E-state index contributed by atoms with van der Waals surface area (Å²) in [5.74, 6) is 1.13. The van der Waals surface area contributed by atoms with E-state index in [1.165, 1.54) is 11.8 Å². The van der Waals surface area contributed by atoms with E-state index in [0.717, 1.165) is 24.1 Å². The Kier molecular flexibility index (Phi) is 5.71. The van der Waals surface area contributed by atoms with Crippen molar-refractivity contribution >= 4 is 11.8 Å². The number of aromatic nitrogens is 2. The molecule has 4 nitrogen and oxygen atoms in total. The lowest BCUT2D eigenvalue weighted by atomic mass is 10.0. The van der Waals surface area contributed by atoms with Crippen molar-refractivity contribution in [1.29, 1.82) is 0 Å². The zero-order chi connectivity index (χ0) is 12.8. The predicted molar refractivity (Wildman–Crippen MR) is 70.6 cm³/mol. The number of rotatable bonds is 6. The van der Waals surface area contributed by atoms with Gasteiger partial charge < -0.3 is 10.1 Å². The molecule has 0 radical (unpaired) electrons. The molecular weight excluding hydrogens is 236 g/mol. The van der Waals surface area contributed by atoms with Crippen LogP contribution in [-0.4, -0.2) is 27.4 Å². The van der Waals surface area contributed by atoms with Gasteiger partial charge in [-0.15, -0.1) is 0 Å². The molecule has 1 aromatic heterocycles. The molecule has 0 saturated carbocycles. The molecule has 0 aliphatic rings. The first-order valence-electron chi connectivity index (χ1n) is 5.88. The second kappa shape index (κ2) is 6.81. The van der Waals surface area contributed by atoms with Crippen molar-refractivity contribution in [3.8, 4) is 0 Å². The Hall–Kier alpha value is -0.810. The maximum atomic E-state index is 11.9. The van der Waals surface area contributed by atoms with Crippen LogP contribution in [0.15, 0.2) is 9.95 Å². The van der Waals surface area contributed by atoms with Crippen molar-refractivity contribution in [2.75, 3.05) is 12.4 Å². The largest absolute Gasteiger partial charge is 0.396 e. The molecule has 1 heterocycles. The van der Waals surface area contributed by atoms with Gasteiger partial charge in [-0.2, -0.15) is 0 Å². The van der Waals surface area contributed by atoms with E-state index in [4.69, 9.17) is 5.11 Å². The SMILES string of the molecule is Cc1nc(SCCO)[nH]c(=O)c1CCC(C)C. The van der Waals surface area contributed by atoms with E-state index in [1.807, 2.05) is 6.92 Å². The van der Waals surface area contributed by atoms with Gasteiger partial charge in [0.25, 0.3) is 5.56 Å². The molecule has 17 heavy (non-hydrogen) atoms. The number of hydrogen-bond donors (Lipinski definition) is 2. The zero-order valence-electron chi connectivity index (χ0n) is 10.6. The first kappa shape index (κ1) is 14.3. The monoisotopic (exact) mass is 256 g/mol. The van der Waals surface area contributed by atoms with Crippen LogP contribution in [0.25, 0.3) is 0 Å². The van der Waals surface area contributed by atoms with Crippen molar-refractivity contribution in [2.24, 2.45) is 5.92 Å². The molecule has 96 valence electrons. The topological polar surface area (TPSA) is 66.0 Å². The van der Waals surface area contributed by atoms with Crippen LogP contribution in [0.5, 0.6) is 0 Å². The molecule has 0 fully saturated rings. The molecule has 0 spiro atoms. The van der Waals surface area contributed by atoms with Crippen LogP contribution >= 0.6 is 11.8 Å². The molecule has 0 aliphatic carbocycles. The second-order valence-corrected chi connectivity index (χ2v) is 5.52. The Morgan fingerprint density at radius 3 is 2.71 bits per heavy atom. The molecule has 5 heteroatoms. The number of aliphatic hydroxyl groups is 1. The van der Waals surface area contributed by atoms with E-state index in [1.54, 1.807) is 0 Å². The van der Waals surface area contributed by atoms with Gasteiger partial charge in [-0.25, -0.2) is 4.98 Å². The van der Waals surface area contributed by atoms with Crippen LogP contribution < -0.4 is 5.56 Å². The van der Waals surface area contributed by atoms with Crippen LogP contribution in [0, 0.1) is 12.8 Å². The van der Waals surface area contributed by atoms with Crippen molar-refractivity contribution < 1.29 is 5.11 Å². The van der Waals surface area contributed by atoms with Gasteiger partial charge in [0.2, 0.25) is 0 Å². The van der Waals surface area contributed by atoms with Gasteiger partial charge in [0.1, 0.15) is 0 Å². The Labute approximate surface area is 106 Å². The van der Waals surface area contributed by atoms with E-state index in [-0.39, 0.29) is 12.2 Å². The Morgan fingerprint density at radius 2 is 2.18 bits per heavy atom. The minimum atomic E-state index is -0.0430. The quantitative estimate of drug-likeness (QED) is 0.601. The number of aliphatic hydroxyl groups excluding tert-OH is 1. The first-order chi connectivity index (χ1) is 8.04. The van der Waals surface area contributed by atoms with Gasteiger partial charge in [0.15, 0.2) is 5.16 Å². The summed E-state index contributed by atoms with van der Waals surface area (Å²) in [5, 5.41) is 9.32. The highest BCUT2D eigenvalue weighted by Crippen LogP contribution is 2.13. The number of aromatic amines is 1. The van der Waals surface area contributed by atoms with Gasteiger partial charge in [0.05, 0.1) is 6.61 Å². The minimum Gasteiger partial charge on any atom is -0.396 e. The third-order valence-electron chi connectivity index (χ3n) is 2.50. The van der Waals surface area contributed by atoms with E-state index >= 15 is 0 Å². The van der Waals surface area contributed by atoms with E-state index in [9.17, 15) is 4.79 Å². The smallest absolute Gasteiger partial charge is 0.254 e. The molecule has 0 atom stereocenters. The molecule has 2 N–H and O–H groups in total. The summed E-state index contributed by atoms with van der Waals surface area (Å²) >= 11 is 1.37. The molecule has 0 saturated heterocycles. The lowest BCUT2D eigenvalue weighted by Crippen LogP contribution is -2.18. The summed E-state index contributed by atoms with van der Waals surface area (Å²) in [6, 6.07) is 0. The lowest BCUT2D eigenvalue weighted by molar-refractivity contribution is 0.322. The molecule has 1 rings (SSSR count). The third-order valence-corrected chi connectivity index (χ3v) is 3.36. The maximum absolute atomic E-state index is 11.9. The van der Waals surface area contributed by atoms with Crippen LogP contribution in [-0.2, 0) is 6.42 Å². The Balaban J connectivity index is 2.83. The van der Waals surface area contributed by atoms with Crippen molar-refractivity contribution in [3.05, 3.63) is 21.6 Å². The molecule has 0 bridgehead atoms. The lowest BCUT2D eigenvalue weighted by Gasteiger charge is -2.08. The molecule has 0 aromatic carbocycles. The van der Waals surface area contributed by atoms with Gasteiger partial charge in [-0.3, -0.25) is 4.79 Å². The highest BCUT2D eigenvalue weighted by atomic mass is 32.2. The van der Waals surface area contributed by atoms with E-state index in [2.05, 4.69) is 23.8 Å². The number of thioether (sulfide) groups is 1. The molecule has 1 aromatic rings. The van der Waals surface area contributed by atoms with Crippen molar-refractivity contribution in [1.82, 2.24) is 9.97 Å². The number of aryl methyl sites for hydroxylation is 1. The molecule has 0 unspecified atom stereocenters. The summed E-state index contributed by atoms with van der Waals surface area (Å²) in [6.45, 7) is 6.24. The Bertz CT molecular complexity index is 415. The molecule has 0 aliphatic heterocycles. The van der Waals surface area contributed by atoms with E-state index < -0.39 is 0 Å².